The summed E-state index contributed by atoms with van der Waals surface area (Å²) >= 11 is 0. The number of nitriles is 1. The van der Waals surface area contributed by atoms with E-state index in [1.54, 1.807) is 29.3 Å². The number of hydrogen-bond acceptors (Lipinski definition) is 5. The van der Waals surface area contributed by atoms with Crippen molar-refractivity contribution >= 4 is 11.6 Å². The van der Waals surface area contributed by atoms with Gasteiger partial charge in [0, 0.05) is 6.54 Å². The van der Waals surface area contributed by atoms with Crippen LogP contribution in [-0.2, 0) is 22.7 Å². The Kier molecular flexibility index (Phi) is 6.28. The van der Waals surface area contributed by atoms with Gasteiger partial charge in [-0.3, -0.25) is 14.3 Å². The minimum absolute atomic E-state index is 0.229. The van der Waals surface area contributed by atoms with Crippen molar-refractivity contribution in [2.45, 2.75) is 33.9 Å². The first-order chi connectivity index (χ1) is 12.0. The Morgan fingerprint density at radius 1 is 1.48 bits per heavy atom. The summed E-state index contributed by atoms with van der Waals surface area (Å²) in [5, 5.41) is 13.5. The molecule has 25 heavy (non-hydrogen) atoms. The molecule has 132 valence electrons. The average Bonchev–Trinajstić information content (AvgIpc) is 2.93. The predicted octanol–water partition coefficient (Wildman–Crippen LogP) is 2.14. The first-order valence-corrected chi connectivity index (χ1v) is 8.09. The van der Waals surface area contributed by atoms with Crippen LogP contribution in [0, 0.1) is 24.2 Å². The van der Waals surface area contributed by atoms with E-state index >= 15 is 0 Å². The summed E-state index contributed by atoms with van der Waals surface area (Å²) in [4.78, 5) is 18.6. The van der Waals surface area contributed by atoms with Gasteiger partial charge in [0.2, 0.25) is 0 Å². The third-order valence-electron chi connectivity index (χ3n) is 3.81. The van der Waals surface area contributed by atoms with Gasteiger partial charge in [-0.2, -0.15) is 10.4 Å². The third-order valence-corrected chi connectivity index (χ3v) is 3.81. The van der Waals surface area contributed by atoms with Crippen molar-refractivity contribution in [3.8, 4) is 6.07 Å². The number of carbonyl (C=O) groups excluding carboxylic acids is 1. The van der Waals surface area contributed by atoms with Crippen LogP contribution in [0.1, 0.15) is 30.7 Å². The fourth-order valence-corrected chi connectivity index (χ4v) is 2.61. The van der Waals surface area contributed by atoms with Gasteiger partial charge in [-0.05, 0) is 30.5 Å². The summed E-state index contributed by atoms with van der Waals surface area (Å²) < 4.78 is 1.88. The van der Waals surface area contributed by atoms with Gasteiger partial charge < -0.3 is 4.90 Å². The fourth-order valence-electron chi connectivity index (χ4n) is 2.61. The molecule has 2 rings (SSSR count). The lowest BCUT2D eigenvalue weighted by atomic mass is 10.1. The highest BCUT2D eigenvalue weighted by Gasteiger charge is 2.21. The number of anilines is 1. The molecule has 2 aromatic rings. The highest BCUT2D eigenvalue weighted by Crippen LogP contribution is 2.23. The van der Waals surface area contributed by atoms with E-state index in [-0.39, 0.29) is 12.5 Å². The number of carbonyl (C=O) groups is 1. The topological polar surface area (TPSA) is 97.2 Å². The van der Waals surface area contributed by atoms with Crippen molar-refractivity contribution in [2.75, 3.05) is 11.5 Å². The van der Waals surface area contributed by atoms with Gasteiger partial charge in [0.15, 0.2) is 0 Å². The Hall–Kier alpha value is -2.69. The van der Waals surface area contributed by atoms with Gasteiger partial charge in [0.1, 0.15) is 6.61 Å². The van der Waals surface area contributed by atoms with Crippen LogP contribution >= 0.6 is 0 Å². The molecule has 1 aromatic carbocycles. The molecule has 1 heterocycles. The number of amides is 1. The molecule has 0 saturated carbocycles. The van der Waals surface area contributed by atoms with Gasteiger partial charge >= 0.3 is 0 Å². The van der Waals surface area contributed by atoms with Crippen molar-refractivity contribution in [2.24, 2.45) is 11.8 Å². The largest absolute Gasteiger partial charge is 0.303 e. The van der Waals surface area contributed by atoms with Crippen LogP contribution in [-0.4, -0.2) is 22.3 Å². The summed E-state index contributed by atoms with van der Waals surface area (Å²) in [7, 11) is 0. The number of aromatic nitrogens is 2. The summed E-state index contributed by atoms with van der Waals surface area (Å²) in [5.41, 5.74) is 3.01. The second-order valence-corrected chi connectivity index (χ2v) is 6.29. The Morgan fingerprint density at radius 2 is 2.24 bits per heavy atom. The van der Waals surface area contributed by atoms with Gasteiger partial charge in [-0.15, -0.1) is 0 Å². The van der Waals surface area contributed by atoms with Crippen molar-refractivity contribution in [3.63, 3.8) is 0 Å². The summed E-state index contributed by atoms with van der Waals surface area (Å²) in [6.45, 7) is 7.00. The number of nitrogens with zero attached hydrogens (tertiary/aromatic N) is 4. The molecule has 0 atom stereocenters. The summed E-state index contributed by atoms with van der Waals surface area (Å²) in [6.07, 6.45) is 1.68. The van der Waals surface area contributed by atoms with E-state index in [0.717, 1.165) is 17.8 Å². The van der Waals surface area contributed by atoms with E-state index in [4.69, 9.17) is 11.2 Å². The second kappa shape index (κ2) is 8.42. The Bertz CT molecular complexity index is 776. The first-order valence-electron chi connectivity index (χ1n) is 8.09. The summed E-state index contributed by atoms with van der Waals surface area (Å²) in [6, 6.07) is 9.27. The lowest BCUT2D eigenvalue weighted by Gasteiger charge is -2.22. The van der Waals surface area contributed by atoms with E-state index in [1.165, 1.54) is 0 Å². The molecule has 0 aliphatic heterocycles. The van der Waals surface area contributed by atoms with Gasteiger partial charge in [-0.25, -0.2) is 5.90 Å². The first kappa shape index (κ1) is 18.6. The predicted molar refractivity (Wildman–Crippen MR) is 94.3 cm³/mol. The minimum Gasteiger partial charge on any atom is -0.303 e. The molecule has 0 bridgehead atoms. The molecular formula is C18H23N5O2. The quantitative estimate of drug-likeness (QED) is 0.778. The molecule has 0 saturated heterocycles. The Balaban J connectivity index is 2.35. The number of benzene rings is 1. The molecule has 0 spiro atoms. The molecule has 7 heteroatoms. The normalized spacial score (nSPS) is 10.7. The third kappa shape index (κ3) is 4.66. The molecule has 7 nitrogen and oxygen atoms in total. The number of hydrogen-bond donors (Lipinski definition) is 1. The van der Waals surface area contributed by atoms with Crippen LogP contribution in [0.5, 0.6) is 0 Å². The summed E-state index contributed by atoms with van der Waals surface area (Å²) in [5.74, 6) is 5.26. The highest BCUT2D eigenvalue weighted by atomic mass is 16.6. The van der Waals surface area contributed by atoms with E-state index in [2.05, 4.69) is 29.9 Å². The monoisotopic (exact) mass is 341 g/mol. The van der Waals surface area contributed by atoms with E-state index in [9.17, 15) is 4.79 Å². The highest BCUT2D eigenvalue weighted by molar-refractivity contribution is 5.94. The molecule has 1 amide bonds. The molecule has 2 N–H and O–H groups in total. The maximum Gasteiger partial charge on any atom is 0.255 e. The maximum absolute atomic E-state index is 12.5. The van der Waals surface area contributed by atoms with Crippen LogP contribution in [0.15, 0.2) is 30.5 Å². The smallest absolute Gasteiger partial charge is 0.255 e. The number of nitrogens with two attached hydrogens (primary N) is 1. The second-order valence-electron chi connectivity index (χ2n) is 6.29. The zero-order valence-electron chi connectivity index (χ0n) is 14.8. The molecular weight excluding hydrogens is 318 g/mol. The average molecular weight is 341 g/mol. The van der Waals surface area contributed by atoms with Crippen LogP contribution in [0.2, 0.25) is 0 Å². The Labute approximate surface area is 147 Å². The van der Waals surface area contributed by atoms with Crippen molar-refractivity contribution in [1.82, 2.24) is 9.78 Å². The maximum atomic E-state index is 12.5. The zero-order chi connectivity index (χ0) is 18.4. The van der Waals surface area contributed by atoms with Crippen molar-refractivity contribution in [3.05, 3.63) is 47.3 Å². The fraction of sp³-hybridized carbons (Fsp3) is 0.389. The van der Waals surface area contributed by atoms with E-state index in [0.29, 0.717) is 23.7 Å². The Morgan fingerprint density at radius 3 is 2.88 bits per heavy atom. The molecule has 0 radical (unpaired) electrons. The molecule has 0 aliphatic carbocycles. The molecule has 0 unspecified atom stereocenters. The van der Waals surface area contributed by atoms with Crippen LogP contribution in [0.3, 0.4) is 0 Å². The molecule has 0 fully saturated rings. The minimum atomic E-state index is -0.267. The van der Waals surface area contributed by atoms with Crippen molar-refractivity contribution < 1.29 is 9.63 Å². The van der Waals surface area contributed by atoms with Crippen LogP contribution < -0.4 is 10.8 Å². The van der Waals surface area contributed by atoms with E-state index < -0.39 is 0 Å². The SMILES string of the molecule is Cc1c(N(Cc2cccc(C#N)c2)C(=O)CON)cnn1CC(C)C. The van der Waals surface area contributed by atoms with E-state index in [1.807, 2.05) is 17.7 Å². The molecule has 1 aromatic heterocycles. The van der Waals surface area contributed by atoms with Gasteiger partial charge in [0.05, 0.1) is 35.8 Å². The number of rotatable bonds is 7. The van der Waals surface area contributed by atoms with Crippen LogP contribution in [0.25, 0.3) is 0 Å². The van der Waals surface area contributed by atoms with Crippen molar-refractivity contribution in [1.29, 1.82) is 5.26 Å². The standard InChI is InChI=1S/C18H23N5O2/c1-13(2)10-23-14(3)17(9-21-23)22(18(24)12-25-20)11-16-6-4-5-15(7-16)8-19/h4-7,9,13H,10-12,20H2,1-3H3. The molecule has 0 aliphatic rings. The lowest BCUT2D eigenvalue weighted by Crippen LogP contribution is -2.34. The van der Waals surface area contributed by atoms with Gasteiger partial charge in [0.25, 0.3) is 5.91 Å². The zero-order valence-corrected chi connectivity index (χ0v) is 14.8. The van der Waals surface area contributed by atoms with Gasteiger partial charge in [-0.1, -0.05) is 26.0 Å². The lowest BCUT2D eigenvalue weighted by molar-refractivity contribution is -0.123. The van der Waals surface area contributed by atoms with Crippen LogP contribution in [0.4, 0.5) is 5.69 Å².